The maximum Gasteiger partial charge on any atom is 0.165 e. The van der Waals surface area contributed by atoms with Crippen LogP contribution in [0.3, 0.4) is 0 Å². The third-order valence-electron chi connectivity index (χ3n) is 2.79. The van der Waals surface area contributed by atoms with Crippen molar-refractivity contribution in [2.75, 3.05) is 0 Å². The van der Waals surface area contributed by atoms with E-state index in [1.807, 2.05) is 26.0 Å². The Hall–Kier alpha value is -2.16. The number of hydrogen-bond donors (Lipinski definition) is 0. The molecule has 0 fully saturated rings. The number of carbonyl (C=O) groups is 1. The van der Waals surface area contributed by atoms with E-state index in [1.165, 1.54) is 18.2 Å². The highest BCUT2D eigenvalue weighted by molar-refractivity contribution is 5.79. The van der Waals surface area contributed by atoms with Crippen LogP contribution in [0.5, 0.6) is 5.75 Å². The van der Waals surface area contributed by atoms with E-state index in [0.29, 0.717) is 6.29 Å². The topological polar surface area (TPSA) is 26.3 Å². The lowest BCUT2D eigenvalue weighted by atomic mass is 10.1. The van der Waals surface area contributed by atoms with Crippen molar-refractivity contribution in [3.05, 3.63) is 64.5 Å². The van der Waals surface area contributed by atoms with Gasteiger partial charge in [0.2, 0.25) is 0 Å². The quantitative estimate of drug-likeness (QED) is 0.779. The Labute approximate surface area is 111 Å². The van der Waals surface area contributed by atoms with Crippen molar-refractivity contribution in [3.8, 4) is 5.75 Å². The molecule has 0 aromatic heterocycles. The van der Waals surface area contributed by atoms with Crippen LogP contribution in [0.15, 0.2) is 36.4 Å². The Kier molecular flexibility index (Phi) is 3.95. The molecular weight excluding hydrogens is 243 g/mol. The van der Waals surface area contributed by atoms with E-state index in [0.717, 1.165) is 16.7 Å². The summed E-state index contributed by atoms with van der Waals surface area (Å²) in [6, 6.07) is 10.3. The molecule has 0 aliphatic heterocycles. The fourth-order valence-corrected chi connectivity index (χ4v) is 2.08. The average molecular weight is 258 g/mol. The first-order chi connectivity index (χ1) is 9.10. The zero-order valence-corrected chi connectivity index (χ0v) is 10.9. The van der Waals surface area contributed by atoms with Gasteiger partial charge in [0.25, 0.3) is 0 Å². The molecule has 0 atom stereocenters. The molecule has 98 valence electrons. The Morgan fingerprint density at radius 1 is 1.16 bits per heavy atom. The first-order valence-corrected chi connectivity index (χ1v) is 6.04. The van der Waals surface area contributed by atoms with E-state index in [2.05, 4.69) is 6.07 Å². The van der Waals surface area contributed by atoms with Gasteiger partial charge in [-0.1, -0.05) is 35.4 Å². The fourth-order valence-electron chi connectivity index (χ4n) is 2.08. The predicted octanol–water partition coefficient (Wildman–Crippen LogP) is 3.83. The number of halogens is 1. The number of rotatable bonds is 4. The molecule has 0 radical (unpaired) electrons. The minimum absolute atomic E-state index is 0.0108. The SMILES string of the molecule is Cc1cc(C)cc(COc2c(F)cccc2C=O)c1. The largest absolute Gasteiger partial charge is 0.485 e. The second kappa shape index (κ2) is 5.65. The van der Waals surface area contributed by atoms with Gasteiger partial charge in [0.15, 0.2) is 17.9 Å². The van der Waals surface area contributed by atoms with Crippen molar-refractivity contribution >= 4 is 6.29 Å². The summed E-state index contributed by atoms with van der Waals surface area (Å²) in [4.78, 5) is 10.9. The second-order valence-corrected chi connectivity index (χ2v) is 4.56. The van der Waals surface area contributed by atoms with E-state index < -0.39 is 5.82 Å². The van der Waals surface area contributed by atoms with Crippen LogP contribution in [0, 0.1) is 19.7 Å². The smallest absolute Gasteiger partial charge is 0.165 e. The van der Waals surface area contributed by atoms with Crippen molar-refractivity contribution in [3.63, 3.8) is 0 Å². The summed E-state index contributed by atoms with van der Waals surface area (Å²) in [6.45, 7) is 4.23. The summed E-state index contributed by atoms with van der Waals surface area (Å²) in [7, 11) is 0. The van der Waals surface area contributed by atoms with Crippen molar-refractivity contribution in [2.45, 2.75) is 20.5 Å². The third kappa shape index (κ3) is 3.19. The number of hydrogen-bond acceptors (Lipinski definition) is 2. The molecule has 0 amide bonds. The number of benzene rings is 2. The van der Waals surface area contributed by atoms with Gasteiger partial charge in [-0.2, -0.15) is 0 Å². The summed E-state index contributed by atoms with van der Waals surface area (Å²) < 4.78 is 19.1. The molecule has 19 heavy (non-hydrogen) atoms. The van der Waals surface area contributed by atoms with Crippen LogP contribution < -0.4 is 4.74 Å². The van der Waals surface area contributed by atoms with Crippen LogP contribution in [0.2, 0.25) is 0 Å². The van der Waals surface area contributed by atoms with Crippen LogP contribution in [0.25, 0.3) is 0 Å². The van der Waals surface area contributed by atoms with Gasteiger partial charge in [-0.05, 0) is 31.5 Å². The molecule has 2 nitrogen and oxygen atoms in total. The number of para-hydroxylation sites is 1. The van der Waals surface area contributed by atoms with Gasteiger partial charge < -0.3 is 4.74 Å². The van der Waals surface area contributed by atoms with E-state index in [1.54, 1.807) is 0 Å². The normalized spacial score (nSPS) is 10.3. The number of carbonyl (C=O) groups excluding carboxylic acids is 1. The van der Waals surface area contributed by atoms with Gasteiger partial charge in [0, 0.05) is 0 Å². The van der Waals surface area contributed by atoms with Crippen LogP contribution in [-0.2, 0) is 6.61 Å². The molecule has 0 bridgehead atoms. The molecule has 2 rings (SSSR count). The highest BCUT2D eigenvalue weighted by atomic mass is 19.1. The standard InChI is InChI=1S/C16H15FO2/c1-11-6-12(2)8-13(7-11)10-19-16-14(9-18)4-3-5-15(16)17/h3-9H,10H2,1-2H3. The van der Waals surface area contributed by atoms with Gasteiger partial charge in [-0.25, -0.2) is 4.39 Å². The van der Waals surface area contributed by atoms with Crippen molar-refractivity contribution in [1.29, 1.82) is 0 Å². The fraction of sp³-hybridized carbons (Fsp3) is 0.188. The molecule has 3 heteroatoms. The number of aldehydes is 1. The third-order valence-corrected chi connectivity index (χ3v) is 2.79. The number of aryl methyl sites for hydroxylation is 2. The Balaban J connectivity index is 2.21. The Morgan fingerprint density at radius 3 is 2.47 bits per heavy atom. The van der Waals surface area contributed by atoms with Crippen LogP contribution in [0.4, 0.5) is 4.39 Å². The van der Waals surface area contributed by atoms with Gasteiger partial charge in [0.05, 0.1) is 5.56 Å². The summed E-state index contributed by atoms with van der Waals surface area (Å²) in [5.74, 6) is -0.509. The molecule has 0 N–H and O–H groups in total. The van der Waals surface area contributed by atoms with E-state index in [4.69, 9.17) is 4.74 Å². The van der Waals surface area contributed by atoms with E-state index in [9.17, 15) is 9.18 Å². The monoisotopic (exact) mass is 258 g/mol. The lowest BCUT2D eigenvalue weighted by Crippen LogP contribution is -2.01. The molecular formula is C16H15FO2. The molecule has 0 aliphatic rings. The van der Waals surface area contributed by atoms with Crippen LogP contribution in [0.1, 0.15) is 27.0 Å². The van der Waals surface area contributed by atoms with Gasteiger partial charge >= 0.3 is 0 Å². The molecule has 0 heterocycles. The molecule has 0 saturated heterocycles. The highest BCUT2D eigenvalue weighted by Crippen LogP contribution is 2.22. The van der Waals surface area contributed by atoms with E-state index in [-0.39, 0.29) is 17.9 Å². The molecule has 0 aliphatic carbocycles. The lowest BCUT2D eigenvalue weighted by Gasteiger charge is -2.10. The van der Waals surface area contributed by atoms with Crippen molar-refractivity contribution in [2.24, 2.45) is 0 Å². The zero-order chi connectivity index (χ0) is 13.8. The second-order valence-electron chi connectivity index (χ2n) is 4.56. The van der Waals surface area contributed by atoms with Gasteiger partial charge in [-0.3, -0.25) is 4.79 Å². The Morgan fingerprint density at radius 2 is 1.84 bits per heavy atom. The summed E-state index contributed by atoms with van der Waals surface area (Å²) >= 11 is 0. The average Bonchev–Trinajstić information content (AvgIpc) is 2.36. The van der Waals surface area contributed by atoms with Gasteiger partial charge in [0.1, 0.15) is 6.61 Å². The molecule has 0 unspecified atom stereocenters. The molecule has 0 spiro atoms. The molecule has 2 aromatic carbocycles. The Bertz CT molecular complexity index is 585. The molecule has 2 aromatic rings. The minimum Gasteiger partial charge on any atom is -0.485 e. The maximum absolute atomic E-state index is 13.6. The minimum atomic E-state index is -0.519. The maximum atomic E-state index is 13.6. The number of ether oxygens (including phenoxy) is 1. The first-order valence-electron chi connectivity index (χ1n) is 6.04. The van der Waals surface area contributed by atoms with Crippen LogP contribution in [-0.4, -0.2) is 6.29 Å². The van der Waals surface area contributed by atoms with Crippen molar-refractivity contribution in [1.82, 2.24) is 0 Å². The highest BCUT2D eigenvalue weighted by Gasteiger charge is 2.09. The van der Waals surface area contributed by atoms with Crippen molar-refractivity contribution < 1.29 is 13.9 Å². The summed E-state index contributed by atoms with van der Waals surface area (Å²) in [5.41, 5.74) is 3.44. The first kappa shape index (κ1) is 13.3. The summed E-state index contributed by atoms with van der Waals surface area (Å²) in [5, 5.41) is 0. The predicted molar refractivity (Wildman–Crippen MR) is 72.0 cm³/mol. The summed E-state index contributed by atoms with van der Waals surface area (Å²) in [6.07, 6.45) is 0.597. The zero-order valence-electron chi connectivity index (χ0n) is 10.9. The lowest BCUT2D eigenvalue weighted by molar-refractivity contribution is 0.111. The molecule has 0 saturated carbocycles. The van der Waals surface area contributed by atoms with Gasteiger partial charge in [-0.15, -0.1) is 0 Å². The van der Waals surface area contributed by atoms with E-state index >= 15 is 0 Å². The van der Waals surface area contributed by atoms with Crippen LogP contribution >= 0.6 is 0 Å².